The van der Waals surface area contributed by atoms with Crippen LogP contribution in [0.3, 0.4) is 0 Å². The molecule has 0 radical (unpaired) electrons. The Morgan fingerprint density at radius 3 is 2.44 bits per heavy atom. The smallest absolute Gasteiger partial charge is 0.768 e. The summed E-state index contributed by atoms with van der Waals surface area (Å²) in [6.45, 7) is 0. The monoisotopic (exact) mass is 277 g/mol. The van der Waals surface area contributed by atoms with Gasteiger partial charge in [-0.3, -0.25) is 18.1 Å². The molecule has 0 saturated heterocycles. The summed E-state index contributed by atoms with van der Waals surface area (Å²) in [5, 5.41) is 0.0938. The number of nitrogens with zero attached hydrogens (tertiary/aromatic N) is 3. The molecule has 18 heavy (non-hydrogen) atoms. The molecule has 0 amide bonds. The van der Waals surface area contributed by atoms with Gasteiger partial charge in [0.25, 0.3) is 5.56 Å². The van der Waals surface area contributed by atoms with Crippen LogP contribution in [-0.4, -0.2) is 22.9 Å². The second kappa shape index (κ2) is 5.45. The molecule has 0 saturated carbocycles. The molecule has 0 spiro atoms. The fourth-order valence-corrected chi connectivity index (χ4v) is 1.89. The first-order valence-corrected chi connectivity index (χ1v) is 5.66. The molecule has 1 atom stereocenters. The minimum Gasteiger partial charge on any atom is -0.768 e. The molecule has 2 aromatic rings. The van der Waals surface area contributed by atoms with E-state index < -0.39 is 22.3 Å². The maximum Gasteiger partial charge on any atom is 1.00 e. The zero-order valence-electron chi connectivity index (χ0n) is 10.0. The molecular formula is C9H8N3NaO4S. The van der Waals surface area contributed by atoms with Crippen molar-refractivity contribution in [3.8, 4) is 0 Å². The first kappa shape index (κ1) is 15.3. The van der Waals surface area contributed by atoms with E-state index in [0.717, 1.165) is 10.8 Å². The standard InChI is InChI=1S/C9H9N3O4S.Na/c1-11-7-6(8(13)12(2)9(11)14)3-5(4-10-7)17(15)16;/h3-4H,1-2H3,(H,15,16);/q;+1/p-1. The molecule has 0 fully saturated rings. The van der Waals surface area contributed by atoms with Crippen molar-refractivity contribution in [3.05, 3.63) is 33.1 Å². The third-order valence-corrected chi connectivity index (χ3v) is 3.07. The molecule has 0 aliphatic carbocycles. The predicted octanol–water partition coefficient (Wildman–Crippen LogP) is -4.13. The number of fused-ring (bicyclic) bond motifs is 1. The summed E-state index contributed by atoms with van der Waals surface area (Å²) in [4.78, 5) is 27.1. The van der Waals surface area contributed by atoms with Crippen LogP contribution in [-0.2, 0) is 25.2 Å². The average molecular weight is 277 g/mol. The molecule has 2 heterocycles. The summed E-state index contributed by atoms with van der Waals surface area (Å²) in [7, 11) is 2.79. The Bertz CT molecular complexity index is 752. The van der Waals surface area contributed by atoms with Crippen LogP contribution in [0.5, 0.6) is 0 Å². The topological polar surface area (TPSA) is 97.0 Å². The molecule has 1 unspecified atom stereocenters. The molecule has 0 aromatic carbocycles. The Morgan fingerprint density at radius 1 is 1.28 bits per heavy atom. The van der Waals surface area contributed by atoms with E-state index in [4.69, 9.17) is 0 Å². The third kappa shape index (κ3) is 2.34. The zero-order chi connectivity index (χ0) is 12.7. The van der Waals surface area contributed by atoms with E-state index >= 15 is 0 Å². The van der Waals surface area contributed by atoms with Crippen molar-refractivity contribution in [2.75, 3.05) is 0 Å². The van der Waals surface area contributed by atoms with E-state index in [1.807, 2.05) is 0 Å². The Labute approximate surface area is 126 Å². The van der Waals surface area contributed by atoms with Crippen LogP contribution in [0.1, 0.15) is 0 Å². The van der Waals surface area contributed by atoms with Gasteiger partial charge in [0, 0.05) is 25.2 Å². The fraction of sp³-hybridized carbons (Fsp3) is 0.222. The van der Waals surface area contributed by atoms with Crippen molar-refractivity contribution < 1.29 is 38.3 Å². The van der Waals surface area contributed by atoms with Crippen LogP contribution < -0.4 is 40.8 Å². The van der Waals surface area contributed by atoms with Crippen molar-refractivity contribution in [3.63, 3.8) is 0 Å². The van der Waals surface area contributed by atoms with Gasteiger partial charge in [-0.25, -0.2) is 9.78 Å². The SMILES string of the molecule is Cn1c(=O)c2cc(S(=O)[O-])cnc2n(C)c1=O.[Na+]. The van der Waals surface area contributed by atoms with Crippen molar-refractivity contribution in [1.29, 1.82) is 0 Å². The predicted molar refractivity (Wildman–Crippen MR) is 59.4 cm³/mol. The Balaban J connectivity index is 0.00000162. The summed E-state index contributed by atoms with van der Waals surface area (Å²) in [6, 6.07) is 1.20. The molecule has 2 aromatic heterocycles. The van der Waals surface area contributed by atoms with E-state index in [9.17, 15) is 18.4 Å². The number of hydrogen-bond acceptors (Lipinski definition) is 5. The Hall–Kier alpha value is -0.800. The van der Waals surface area contributed by atoms with Crippen LogP contribution >= 0.6 is 0 Å². The van der Waals surface area contributed by atoms with Crippen LogP contribution in [0.4, 0.5) is 0 Å². The van der Waals surface area contributed by atoms with Crippen molar-refractivity contribution in [2.45, 2.75) is 4.90 Å². The molecular weight excluding hydrogens is 269 g/mol. The van der Waals surface area contributed by atoms with Gasteiger partial charge >= 0.3 is 35.2 Å². The first-order chi connectivity index (χ1) is 7.93. The van der Waals surface area contributed by atoms with E-state index in [-0.39, 0.29) is 45.5 Å². The number of pyridine rings is 1. The van der Waals surface area contributed by atoms with Gasteiger partial charge in [0.15, 0.2) is 0 Å². The molecule has 0 aliphatic rings. The molecule has 9 heteroatoms. The number of rotatable bonds is 1. The summed E-state index contributed by atoms with van der Waals surface area (Å²) >= 11 is -2.46. The van der Waals surface area contributed by atoms with Crippen LogP contribution in [0.25, 0.3) is 11.0 Å². The maximum atomic E-state index is 11.8. The number of aryl methyl sites for hydroxylation is 1. The summed E-state index contributed by atoms with van der Waals surface area (Å²) < 4.78 is 23.6. The second-order valence-corrected chi connectivity index (χ2v) is 4.42. The van der Waals surface area contributed by atoms with Gasteiger partial charge < -0.3 is 4.55 Å². The summed E-state index contributed by atoms with van der Waals surface area (Å²) in [5.41, 5.74) is -0.916. The van der Waals surface area contributed by atoms with Crippen molar-refractivity contribution >= 4 is 22.1 Å². The molecule has 2 rings (SSSR count). The minimum atomic E-state index is -2.46. The Morgan fingerprint density at radius 2 is 1.89 bits per heavy atom. The summed E-state index contributed by atoms with van der Waals surface area (Å²) in [6.07, 6.45) is 1.10. The van der Waals surface area contributed by atoms with E-state index in [2.05, 4.69) is 4.98 Å². The molecule has 0 bridgehead atoms. The van der Waals surface area contributed by atoms with Gasteiger partial charge in [0.05, 0.1) is 5.39 Å². The summed E-state index contributed by atoms with van der Waals surface area (Å²) in [5.74, 6) is 0. The van der Waals surface area contributed by atoms with Gasteiger partial charge in [-0.15, -0.1) is 0 Å². The third-order valence-electron chi connectivity index (χ3n) is 2.46. The molecule has 90 valence electrons. The molecule has 0 N–H and O–H groups in total. The van der Waals surface area contributed by atoms with Crippen molar-refractivity contribution in [1.82, 2.24) is 14.1 Å². The molecule has 7 nitrogen and oxygen atoms in total. The average Bonchev–Trinajstić information content (AvgIpc) is 2.32. The zero-order valence-corrected chi connectivity index (χ0v) is 12.9. The molecule has 0 aliphatic heterocycles. The minimum absolute atomic E-state index is 0. The first-order valence-electron chi connectivity index (χ1n) is 4.58. The van der Waals surface area contributed by atoms with E-state index in [1.165, 1.54) is 24.7 Å². The van der Waals surface area contributed by atoms with Crippen molar-refractivity contribution in [2.24, 2.45) is 14.1 Å². The van der Waals surface area contributed by atoms with Gasteiger partial charge in [-0.1, -0.05) is 0 Å². The number of aromatic nitrogens is 3. The van der Waals surface area contributed by atoms with Crippen LogP contribution in [0, 0.1) is 0 Å². The largest absolute Gasteiger partial charge is 1.00 e. The van der Waals surface area contributed by atoms with Gasteiger partial charge in [-0.05, 0) is 17.1 Å². The second-order valence-electron chi connectivity index (χ2n) is 3.48. The quantitative estimate of drug-likeness (QED) is 0.389. The van der Waals surface area contributed by atoms with E-state index in [1.54, 1.807) is 0 Å². The van der Waals surface area contributed by atoms with Gasteiger partial charge in [-0.2, -0.15) is 0 Å². The number of hydrogen-bond donors (Lipinski definition) is 0. The van der Waals surface area contributed by atoms with Crippen LogP contribution in [0.2, 0.25) is 0 Å². The van der Waals surface area contributed by atoms with Crippen LogP contribution in [0.15, 0.2) is 26.7 Å². The fourth-order valence-electron chi connectivity index (χ4n) is 1.54. The van der Waals surface area contributed by atoms with Gasteiger partial charge in [0.1, 0.15) is 5.65 Å². The normalized spacial score (nSPS) is 12.2. The van der Waals surface area contributed by atoms with Gasteiger partial charge in [0.2, 0.25) is 0 Å². The maximum absolute atomic E-state index is 11.8. The Kier molecular flexibility index (Phi) is 4.62. The van der Waals surface area contributed by atoms with E-state index in [0.29, 0.717) is 0 Å².